The van der Waals surface area contributed by atoms with Crippen molar-refractivity contribution in [2.24, 2.45) is 5.41 Å². The molecule has 1 spiro atoms. The number of aromatic nitrogens is 2. The second kappa shape index (κ2) is 9.49. The summed E-state index contributed by atoms with van der Waals surface area (Å²) in [6, 6.07) is 16.5. The number of anilines is 1. The molecule has 3 heterocycles. The third kappa shape index (κ3) is 4.70. The molecule has 37 heavy (non-hydrogen) atoms. The number of fused-ring (bicyclic) bond motifs is 1. The molecule has 2 atom stereocenters. The van der Waals surface area contributed by atoms with E-state index in [1.165, 1.54) is 5.56 Å². The van der Waals surface area contributed by atoms with Crippen LogP contribution >= 0.6 is 0 Å². The largest absolute Gasteiger partial charge is 0.497 e. The normalized spacial score (nSPS) is 23.5. The Morgan fingerprint density at radius 1 is 1.03 bits per heavy atom. The number of likely N-dealkylation sites (tertiary alicyclic amines) is 1. The van der Waals surface area contributed by atoms with Gasteiger partial charge in [-0.15, -0.1) is 0 Å². The summed E-state index contributed by atoms with van der Waals surface area (Å²) < 4.78 is 11.3. The van der Waals surface area contributed by atoms with Crippen molar-refractivity contribution >= 4 is 22.9 Å². The number of benzene rings is 2. The number of hydrogen-bond donors (Lipinski definition) is 0. The molecule has 3 aromatic rings. The highest BCUT2D eigenvalue weighted by atomic mass is 16.6. The molecule has 3 aliphatic rings. The second-order valence-corrected chi connectivity index (χ2v) is 11.1. The van der Waals surface area contributed by atoms with Crippen LogP contribution in [0.1, 0.15) is 32.3 Å². The van der Waals surface area contributed by atoms with E-state index >= 15 is 0 Å². The standard InChI is InChI=1S/C29H35N5O3/c1-20-16-34(21(2)15-33(20)27-14-30-26-11-23(36-3)9-10-25(26)31-27)28(35)37-24-12-29(13-24)18-32(19-29)17-22-7-5-4-6-8-22/h4-11,14,20-21,24H,12-13,15-19H2,1-3H3/t20-,21-/m1/s1. The molecule has 6 rings (SSSR count). The van der Waals surface area contributed by atoms with Crippen LogP contribution in [0.4, 0.5) is 10.6 Å². The van der Waals surface area contributed by atoms with Crippen LogP contribution in [-0.2, 0) is 11.3 Å². The molecular weight excluding hydrogens is 466 g/mol. The maximum atomic E-state index is 13.1. The van der Waals surface area contributed by atoms with Crippen molar-refractivity contribution in [2.45, 2.75) is 51.4 Å². The Balaban J connectivity index is 1.01. The minimum absolute atomic E-state index is 0.0242. The van der Waals surface area contributed by atoms with Crippen LogP contribution in [0.2, 0.25) is 0 Å². The molecule has 194 valence electrons. The van der Waals surface area contributed by atoms with E-state index < -0.39 is 0 Å². The van der Waals surface area contributed by atoms with Gasteiger partial charge < -0.3 is 19.3 Å². The van der Waals surface area contributed by atoms with E-state index in [0.29, 0.717) is 18.5 Å². The first-order valence-electron chi connectivity index (χ1n) is 13.2. The van der Waals surface area contributed by atoms with Gasteiger partial charge in [0.2, 0.25) is 0 Å². The minimum Gasteiger partial charge on any atom is -0.497 e. The van der Waals surface area contributed by atoms with Crippen molar-refractivity contribution in [3.63, 3.8) is 0 Å². The van der Waals surface area contributed by atoms with Crippen molar-refractivity contribution in [2.75, 3.05) is 38.2 Å². The summed E-state index contributed by atoms with van der Waals surface area (Å²) in [6.45, 7) is 8.70. The monoisotopic (exact) mass is 501 g/mol. The quantitative estimate of drug-likeness (QED) is 0.515. The van der Waals surface area contributed by atoms with E-state index in [1.807, 2.05) is 29.3 Å². The van der Waals surface area contributed by atoms with Gasteiger partial charge in [0.25, 0.3) is 0 Å². The summed E-state index contributed by atoms with van der Waals surface area (Å²) in [4.78, 5) is 29.1. The molecule has 2 aliphatic heterocycles. The van der Waals surface area contributed by atoms with Gasteiger partial charge in [0.15, 0.2) is 0 Å². The molecule has 0 N–H and O–H groups in total. The average Bonchev–Trinajstić information content (AvgIpc) is 2.87. The fraction of sp³-hybridized carbons (Fsp3) is 0.483. The number of methoxy groups -OCH3 is 1. The van der Waals surface area contributed by atoms with Gasteiger partial charge in [-0.2, -0.15) is 0 Å². The Hall–Kier alpha value is -3.39. The van der Waals surface area contributed by atoms with Crippen molar-refractivity contribution in [1.82, 2.24) is 19.8 Å². The van der Waals surface area contributed by atoms with Gasteiger partial charge in [-0.3, -0.25) is 9.88 Å². The van der Waals surface area contributed by atoms with Gasteiger partial charge >= 0.3 is 6.09 Å². The summed E-state index contributed by atoms with van der Waals surface area (Å²) in [5, 5.41) is 0. The SMILES string of the molecule is COc1ccc2nc(N3C[C@@H](C)N(C(=O)OC4CC5(C4)CN(Cc4ccccc4)C5)C[C@H]3C)cnc2c1. The van der Waals surface area contributed by atoms with E-state index in [4.69, 9.17) is 14.5 Å². The smallest absolute Gasteiger partial charge is 0.410 e. The minimum atomic E-state index is -0.184. The van der Waals surface area contributed by atoms with Gasteiger partial charge in [0, 0.05) is 56.3 Å². The molecule has 8 heteroatoms. The third-order valence-electron chi connectivity index (χ3n) is 8.21. The number of carbonyl (C=O) groups excluding carboxylic acids is 1. The van der Waals surface area contributed by atoms with Crippen LogP contribution in [0.3, 0.4) is 0 Å². The first kappa shape index (κ1) is 24.0. The maximum Gasteiger partial charge on any atom is 0.410 e. The average molecular weight is 502 g/mol. The fourth-order valence-electron chi connectivity index (χ4n) is 6.26. The number of hydrogen-bond acceptors (Lipinski definition) is 7. The Kier molecular flexibility index (Phi) is 6.15. The Morgan fingerprint density at radius 2 is 1.81 bits per heavy atom. The van der Waals surface area contributed by atoms with Crippen LogP contribution in [0.15, 0.2) is 54.7 Å². The molecule has 1 saturated carbocycles. The van der Waals surface area contributed by atoms with Crippen LogP contribution in [-0.4, -0.2) is 77.3 Å². The molecule has 8 nitrogen and oxygen atoms in total. The molecule has 2 aromatic carbocycles. The lowest BCUT2D eigenvalue weighted by Gasteiger charge is -2.58. The predicted octanol–water partition coefficient (Wildman–Crippen LogP) is 4.34. The fourth-order valence-corrected chi connectivity index (χ4v) is 6.26. The summed E-state index contributed by atoms with van der Waals surface area (Å²) in [5.41, 5.74) is 3.34. The Morgan fingerprint density at radius 3 is 2.57 bits per heavy atom. The van der Waals surface area contributed by atoms with Crippen molar-refractivity contribution in [3.8, 4) is 5.75 Å². The summed E-state index contributed by atoms with van der Waals surface area (Å²) in [7, 11) is 1.65. The molecular formula is C29H35N5O3. The van der Waals surface area contributed by atoms with Gasteiger partial charge in [0.05, 0.1) is 24.3 Å². The van der Waals surface area contributed by atoms with Gasteiger partial charge in [0.1, 0.15) is 17.7 Å². The zero-order chi connectivity index (χ0) is 25.6. The number of nitrogens with zero attached hydrogens (tertiary/aromatic N) is 5. The molecule has 1 aliphatic carbocycles. The lowest BCUT2D eigenvalue weighted by molar-refractivity contribution is -0.137. The molecule has 0 radical (unpaired) electrons. The van der Waals surface area contributed by atoms with Gasteiger partial charge in [-0.1, -0.05) is 30.3 Å². The van der Waals surface area contributed by atoms with E-state index in [1.54, 1.807) is 7.11 Å². The molecule has 1 aromatic heterocycles. The topological polar surface area (TPSA) is 71.0 Å². The Bertz CT molecular complexity index is 1270. The van der Waals surface area contributed by atoms with E-state index in [-0.39, 0.29) is 24.3 Å². The van der Waals surface area contributed by atoms with Gasteiger partial charge in [-0.05, 0) is 44.4 Å². The molecule has 3 fully saturated rings. The highest BCUT2D eigenvalue weighted by molar-refractivity contribution is 5.77. The number of piperazine rings is 1. The van der Waals surface area contributed by atoms with E-state index in [9.17, 15) is 4.79 Å². The molecule has 1 amide bonds. The number of carbonyl (C=O) groups is 1. The van der Waals surface area contributed by atoms with Crippen molar-refractivity contribution in [3.05, 3.63) is 60.3 Å². The summed E-state index contributed by atoms with van der Waals surface area (Å²) >= 11 is 0. The van der Waals surface area contributed by atoms with Crippen LogP contribution in [0.25, 0.3) is 11.0 Å². The zero-order valence-electron chi connectivity index (χ0n) is 21.8. The molecule has 0 unspecified atom stereocenters. The van der Waals surface area contributed by atoms with Crippen LogP contribution < -0.4 is 9.64 Å². The first-order valence-corrected chi connectivity index (χ1v) is 13.2. The van der Waals surface area contributed by atoms with Crippen LogP contribution in [0.5, 0.6) is 5.75 Å². The first-order chi connectivity index (χ1) is 17.9. The van der Waals surface area contributed by atoms with Crippen molar-refractivity contribution in [1.29, 1.82) is 0 Å². The summed E-state index contributed by atoms with van der Waals surface area (Å²) in [5.74, 6) is 1.60. The van der Waals surface area contributed by atoms with Gasteiger partial charge in [-0.25, -0.2) is 9.78 Å². The number of amides is 1. The number of ether oxygens (including phenoxy) is 2. The lowest BCUT2D eigenvalue weighted by Crippen LogP contribution is -2.64. The lowest BCUT2D eigenvalue weighted by atomic mass is 9.61. The van der Waals surface area contributed by atoms with Crippen molar-refractivity contribution < 1.29 is 14.3 Å². The summed E-state index contributed by atoms with van der Waals surface area (Å²) in [6.07, 6.45) is 3.62. The number of rotatable bonds is 5. The molecule has 0 bridgehead atoms. The third-order valence-corrected chi connectivity index (χ3v) is 8.21. The highest BCUT2D eigenvalue weighted by Gasteiger charge is 2.54. The molecule has 2 saturated heterocycles. The predicted molar refractivity (Wildman–Crippen MR) is 143 cm³/mol. The maximum absolute atomic E-state index is 13.1. The van der Waals surface area contributed by atoms with E-state index in [2.05, 4.69) is 59.0 Å². The second-order valence-electron chi connectivity index (χ2n) is 11.1. The zero-order valence-corrected chi connectivity index (χ0v) is 21.8. The highest BCUT2D eigenvalue weighted by Crippen LogP contribution is 2.50. The van der Waals surface area contributed by atoms with Crippen LogP contribution in [0, 0.1) is 5.41 Å². The Labute approximate surface area is 218 Å². The van der Waals surface area contributed by atoms with E-state index in [0.717, 1.165) is 55.1 Å².